The van der Waals surface area contributed by atoms with E-state index >= 15 is 0 Å². The van der Waals surface area contributed by atoms with Crippen molar-refractivity contribution in [2.45, 2.75) is 40.0 Å². The third kappa shape index (κ3) is 4.95. The number of hydrogen-bond acceptors (Lipinski definition) is 6. The zero-order chi connectivity index (χ0) is 16.7. The molecule has 0 bridgehead atoms. The first-order valence-corrected chi connectivity index (χ1v) is 7.18. The van der Waals surface area contributed by atoms with Crippen molar-refractivity contribution in [3.63, 3.8) is 0 Å². The number of nitrogens with zero attached hydrogens (tertiary/aromatic N) is 1. The topological polar surface area (TPSA) is 82.0 Å². The van der Waals surface area contributed by atoms with E-state index in [1.54, 1.807) is 13.0 Å². The molecule has 0 saturated heterocycles. The minimum Gasteiger partial charge on any atom is -0.469 e. The van der Waals surface area contributed by atoms with Gasteiger partial charge in [-0.25, -0.2) is 4.79 Å². The molecule has 0 spiro atoms. The van der Waals surface area contributed by atoms with Gasteiger partial charge in [-0.3, -0.25) is 9.59 Å². The van der Waals surface area contributed by atoms with Crippen LogP contribution in [0.2, 0.25) is 0 Å². The number of oxime groups is 1. The van der Waals surface area contributed by atoms with Crippen molar-refractivity contribution in [3.8, 4) is 0 Å². The number of ketones is 1. The van der Waals surface area contributed by atoms with E-state index in [1.807, 2.05) is 13.8 Å². The van der Waals surface area contributed by atoms with E-state index in [9.17, 15) is 14.4 Å². The molecular weight excluding hydrogens is 286 g/mol. The molecule has 0 N–H and O–H groups in total. The second-order valence-corrected chi connectivity index (χ2v) is 5.12. The monoisotopic (exact) mass is 307 g/mol. The van der Waals surface area contributed by atoms with Gasteiger partial charge in [-0.05, 0) is 37.0 Å². The minimum absolute atomic E-state index is 0.0391. The summed E-state index contributed by atoms with van der Waals surface area (Å²) in [5, 5.41) is 3.79. The largest absolute Gasteiger partial charge is 0.469 e. The predicted molar refractivity (Wildman–Crippen MR) is 81.1 cm³/mol. The van der Waals surface area contributed by atoms with Crippen LogP contribution in [-0.2, 0) is 24.0 Å². The normalized spacial score (nSPS) is 17.6. The first-order chi connectivity index (χ1) is 10.4. The Labute approximate surface area is 129 Å². The van der Waals surface area contributed by atoms with Gasteiger partial charge in [0, 0.05) is 5.57 Å². The number of methoxy groups -OCH3 is 1. The average Bonchev–Trinajstić information content (AvgIpc) is 2.50. The van der Waals surface area contributed by atoms with E-state index in [-0.39, 0.29) is 24.5 Å². The summed E-state index contributed by atoms with van der Waals surface area (Å²) < 4.78 is 4.44. The molecule has 0 amide bonds. The summed E-state index contributed by atoms with van der Waals surface area (Å²) in [5.41, 5.74) is 1.73. The number of hydrogen-bond donors (Lipinski definition) is 0. The van der Waals surface area contributed by atoms with E-state index in [2.05, 4.69) is 9.89 Å². The van der Waals surface area contributed by atoms with Crippen molar-refractivity contribution in [2.75, 3.05) is 7.11 Å². The Hall–Kier alpha value is -2.24. The lowest BCUT2D eigenvalue weighted by Gasteiger charge is -2.16. The van der Waals surface area contributed by atoms with Crippen molar-refractivity contribution < 1.29 is 24.0 Å². The van der Waals surface area contributed by atoms with Crippen molar-refractivity contribution in [1.29, 1.82) is 0 Å². The Morgan fingerprint density at radius 2 is 1.86 bits per heavy atom. The third-order valence-corrected chi connectivity index (χ3v) is 3.48. The molecule has 120 valence electrons. The summed E-state index contributed by atoms with van der Waals surface area (Å²) >= 11 is 0. The van der Waals surface area contributed by atoms with E-state index in [4.69, 9.17) is 4.84 Å². The van der Waals surface area contributed by atoms with E-state index in [0.29, 0.717) is 16.9 Å². The summed E-state index contributed by atoms with van der Waals surface area (Å²) in [7, 11) is 1.25. The van der Waals surface area contributed by atoms with Crippen LogP contribution in [0.1, 0.15) is 40.0 Å². The predicted octanol–water partition coefficient (Wildman–Crippen LogP) is 2.34. The standard InChI is InChI=1S/C16H21NO5/c1-5-10(2)12-9-13(11(3)8-14(12)18)17-22-16(20)7-6-15(19)21-4/h8-10H,5-7H2,1-4H3. The SMILES string of the molecule is CCC(C)C1=CC(=NOC(=O)CCC(=O)OC)C(C)=CC1=O. The molecule has 0 saturated carbocycles. The maximum Gasteiger partial charge on any atom is 0.335 e. The first-order valence-electron chi connectivity index (χ1n) is 7.18. The molecule has 1 atom stereocenters. The maximum absolute atomic E-state index is 11.9. The van der Waals surface area contributed by atoms with Gasteiger partial charge in [-0.15, -0.1) is 0 Å². The highest BCUT2D eigenvalue weighted by molar-refractivity contribution is 6.21. The lowest BCUT2D eigenvalue weighted by molar-refractivity contribution is -0.148. The molecule has 1 aliphatic carbocycles. The zero-order valence-electron chi connectivity index (χ0n) is 13.3. The molecule has 0 aromatic carbocycles. The number of ether oxygens (including phenoxy) is 1. The Morgan fingerprint density at radius 1 is 1.23 bits per heavy atom. The van der Waals surface area contributed by atoms with E-state index in [1.165, 1.54) is 13.2 Å². The molecular formula is C16H21NO5. The van der Waals surface area contributed by atoms with E-state index < -0.39 is 11.9 Å². The Kier molecular flexibility index (Phi) is 6.69. The van der Waals surface area contributed by atoms with Crippen molar-refractivity contribution in [1.82, 2.24) is 0 Å². The van der Waals surface area contributed by atoms with Crippen LogP contribution in [0.15, 0.2) is 28.5 Å². The van der Waals surface area contributed by atoms with Crippen molar-refractivity contribution in [2.24, 2.45) is 11.1 Å². The highest BCUT2D eigenvalue weighted by Crippen LogP contribution is 2.21. The summed E-state index contributed by atoms with van der Waals surface area (Å²) in [6.07, 6.45) is 3.81. The molecule has 1 rings (SSSR count). The van der Waals surface area contributed by atoms with Crippen molar-refractivity contribution in [3.05, 3.63) is 23.3 Å². The number of carbonyl (C=O) groups excluding carboxylic acids is 3. The molecule has 0 aromatic rings. The lowest BCUT2D eigenvalue weighted by Crippen LogP contribution is -2.17. The first kappa shape index (κ1) is 17.8. The Balaban J connectivity index is 2.74. The molecule has 0 heterocycles. The molecule has 1 aliphatic rings. The second kappa shape index (κ2) is 8.26. The summed E-state index contributed by atoms with van der Waals surface area (Å²) in [6.45, 7) is 5.68. The van der Waals surface area contributed by atoms with Crippen LogP contribution in [0.3, 0.4) is 0 Å². The highest BCUT2D eigenvalue weighted by atomic mass is 16.7. The number of rotatable bonds is 6. The smallest absolute Gasteiger partial charge is 0.335 e. The van der Waals surface area contributed by atoms with Crippen molar-refractivity contribution >= 4 is 23.4 Å². The third-order valence-electron chi connectivity index (χ3n) is 3.48. The van der Waals surface area contributed by atoms with Crippen LogP contribution in [0.4, 0.5) is 0 Å². The average molecular weight is 307 g/mol. The van der Waals surface area contributed by atoms with Gasteiger partial charge in [0.05, 0.1) is 20.0 Å². The number of esters is 1. The molecule has 0 aliphatic heterocycles. The van der Waals surface area contributed by atoms with Crippen LogP contribution >= 0.6 is 0 Å². The minimum atomic E-state index is -0.624. The Morgan fingerprint density at radius 3 is 2.45 bits per heavy atom. The molecule has 0 radical (unpaired) electrons. The van der Waals surface area contributed by atoms with Gasteiger partial charge >= 0.3 is 11.9 Å². The molecule has 0 aromatic heterocycles. The summed E-state index contributed by atoms with van der Waals surface area (Å²) in [5.74, 6) is -1.04. The highest BCUT2D eigenvalue weighted by Gasteiger charge is 2.21. The number of carbonyl (C=O) groups is 3. The second-order valence-electron chi connectivity index (χ2n) is 5.12. The van der Waals surface area contributed by atoms with E-state index in [0.717, 1.165) is 6.42 Å². The van der Waals surface area contributed by atoms with Crippen LogP contribution in [0.25, 0.3) is 0 Å². The quantitative estimate of drug-likeness (QED) is 0.325. The molecule has 22 heavy (non-hydrogen) atoms. The molecule has 6 heteroatoms. The molecule has 1 unspecified atom stereocenters. The molecule has 0 fully saturated rings. The van der Waals surface area contributed by atoms with Crippen LogP contribution in [0, 0.1) is 5.92 Å². The lowest BCUT2D eigenvalue weighted by atomic mass is 9.88. The fraction of sp³-hybridized carbons (Fsp3) is 0.500. The van der Waals surface area contributed by atoms with Gasteiger partial charge in [0.2, 0.25) is 0 Å². The number of allylic oxidation sites excluding steroid dienone is 4. The van der Waals surface area contributed by atoms with Gasteiger partial charge in [-0.2, -0.15) is 0 Å². The van der Waals surface area contributed by atoms with Crippen LogP contribution < -0.4 is 0 Å². The zero-order valence-corrected chi connectivity index (χ0v) is 13.3. The Bertz CT molecular complexity index is 557. The summed E-state index contributed by atoms with van der Waals surface area (Å²) in [4.78, 5) is 39.2. The fourth-order valence-electron chi connectivity index (χ4n) is 1.84. The fourth-order valence-corrected chi connectivity index (χ4v) is 1.84. The maximum atomic E-state index is 11.9. The van der Waals surface area contributed by atoms with Crippen LogP contribution in [-0.4, -0.2) is 30.5 Å². The van der Waals surface area contributed by atoms with Gasteiger partial charge in [0.25, 0.3) is 0 Å². The van der Waals surface area contributed by atoms with Gasteiger partial charge < -0.3 is 9.57 Å². The van der Waals surface area contributed by atoms with Gasteiger partial charge in [0.15, 0.2) is 5.78 Å². The molecule has 6 nitrogen and oxygen atoms in total. The van der Waals surface area contributed by atoms with Crippen LogP contribution in [0.5, 0.6) is 0 Å². The summed E-state index contributed by atoms with van der Waals surface area (Å²) in [6, 6.07) is 0. The van der Waals surface area contributed by atoms with Gasteiger partial charge in [0.1, 0.15) is 5.71 Å². The van der Waals surface area contributed by atoms with Gasteiger partial charge in [-0.1, -0.05) is 19.0 Å².